The zero-order valence-corrected chi connectivity index (χ0v) is 14.0. The zero-order chi connectivity index (χ0) is 16.7. The number of hydrogen-bond acceptors (Lipinski definition) is 3. The molecule has 0 radical (unpaired) electrons. The first-order valence-corrected chi connectivity index (χ1v) is 8.56. The fourth-order valence-corrected chi connectivity index (χ4v) is 3.54. The van der Waals surface area contributed by atoms with Gasteiger partial charge in [-0.05, 0) is 39.5 Å². The lowest BCUT2D eigenvalue weighted by molar-refractivity contribution is -0.142. The van der Waals surface area contributed by atoms with Crippen molar-refractivity contribution in [2.75, 3.05) is 6.54 Å². The number of carboxylic acid groups (broad SMARTS) is 1. The molecular weight excluding hydrogens is 294 g/mol. The van der Waals surface area contributed by atoms with Crippen LogP contribution < -0.4 is 0 Å². The van der Waals surface area contributed by atoms with Crippen LogP contribution in [0.4, 0.5) is 0 Å². The van der Waals surface area contributed by atoms with Gasteiger partial charge in [0.25, 0.3) is 5.91 Å². The molecule has 2 heterocycles. The SMILES string of the molecule is CCC(C)n1ncc(C(=O)N2CCC(C(=O)O)C2C)c1C1CC1. The number of carbonyl (C=O) groups is 2. The molecule has 6 nitrogen and oxygen atoms in total. The minimum atomic E-state index is -0.814. The topological polar surface area (TPSA) is 75.4 Å². The molecule has 3 unspecified atom stereocenters. The number of aromatic nitrogens is 2. The molecule has 2 fully saturated rings. The zero-order valence-electron chi connectivity index (χ0n) is 14.0. The van der Waals surface area contributed by atoms with Gasteiger partial charge in [0.2, 0.25) is 0 Å². The number of carbonyl (C=O) groups excluding carboxylic acids is 1. The summed E-state index contributed by atoms with van der Waals surface area (Å²) in [5.41, 5.74) is 1.72. The van der Waals surface area contributed by atoms with Gasteiger partial charge < -0.3 is 10.0 Å². The summed E-state index contributed by atoms with van der Waals surface area (Å²) < 4.78 is 2.00. The molecule has 0 spiro atoms. The van der Waals surface area contributed by atoms with E-state index in [9.17, 15) is 14.7 Å². The van der Waals surface area contributed by atoms with Crippen LogP contribution in [0.15, 0.2) is 6.20 Å². The third kappa shape index (κ3) is 2.75. The van der Waals surface area contributed by atoms with Gasteiger partial charge in [0.15, 0.2) is 0 Å². The van der Waals surface area contributed by atoms with Crippen LogP contribution >= 0.6 is 0 Å². The number of nitrogens with zero attached hydrogens (tertiary/aromatic N) is 3. The Hall–Kier alpha value is -1.85. The predicted molar refractivity (Wildman–Crippen MR) is 85.4 cm³/mol. The average molecular weight is 319 g/mol. The fourth-order valence-electron chi connectivity index (χ4n) is 3.54. The highest BCUT2D eigenvalue weighted by molar-refractivity contribution is 5.96. The van der Waals surface area contributed by atoms with E-state index in [1.165, 1.54) is 0 Å². The van der Waals surface area contributed by atoms with E-state index < -0.39 is 11.9 Å². The van der Waals surface area contributed by atoms with Crippen LogP contribution in [0.5, 0.6) is 0 Å². The van der Waals surface area contributed by atoms with Crippen molar-refractivity contribution in [3.05, 3.63) is 17.5 Å². The molecule has 1 aromatic heterocycles. The van der Waals surface area contributed by atoms with Gasteiger partial charge in [-0.2, -0.15) is 5.10 Å². The second kappa shape index (κ2) is 5.98. The quantitative estimate of drug-likeness (QED) is 0.905. The summed E-state index contributed by atoms with van der Waals surface area (Å²) in [4.78, 5) is 26.0. The number of hydrogen-bond donors (Lipinski definition) is 1. The number of aliphatic carboxylic acids is 1. The molecular formula is C17H25N3O3. The van der Waals surface area contributed by atoms with Crippen LogP contribution in [-0.4, -0.2) is 44.3 Å². The van der Waals surface area contributed by atoms with Crippen molar-refractivity contribution in [2.24, 2.45) is 5.92 Å². The van der Waals surface area contributed by atoms with E-state index in [2.05, 4.69) is 18.9 Å². The highest BCUT2D eigenvalue weighted by Gasteiger charge is 2.41. The predicted octanol–water partition coefficient (Wildman–Crippen LogP) is 2.67. The summed E-state index contributed by atoms with van der Waals surface area (Å²) in [6.45, 7) is 6.58. The summed E-state index contributed by atoms with van der Waals surface area (Å²) in [6.07, 6.45) is 5.39. The third-order valence-electron chi connectivity index (χ3n) is 5.37. The maximum Gasteiger partial charge on any atom is 0.308 e. The molecule has 2 aliphatic rings. The largest absolute Gasteiger partial charge is 0.481 e. The number of amides is 1. The molecule has 0 bridgehead atoms. The van der Waals surface area contributed by atoms with Gasteiger partial charge in [-0.25, -0.2) is 0 Å². The van der Waals surface area contributed by atoms with E-state index in [4.69, 9.17) is 0 Å². The fraction of sp³-hybridized carbons (Fsp3) is 0.706. The molecule has 0 aromatic carbocycles. The molecule has 1 aliphatic heterocycles. The molecule has 6 heteroatoms. The second-order valence-corrected chi connectivity index (χ2v) is 6.89. The maximum absolute atomic E-state index is 13.0. The Labute approximate surface area is 136 Å². The van der Waals surface area contributed by atoms with E-state index in [1.807, 2.05) is 11.6 Å². The minimum Gasteiger partial charge on any atom is -0.481 e. The van der Waals surface area contributed by atoms with Gasteiger partial charge in [0, 0.05) is 24.5 Å². The van der Waals surface area contributed by atoms with E-state index in [-0.39, 0.29) is 18.0 Å². The van der Waals surface area contributed by atoms with E-state index in [1.54, 1.807) is 11.1 Å². The second-order valence-electron chi connectivity index (χ2n) is 6.89. The number of likely N-dealkylation sites (tertiary alicyclic amines) is 1. The van der Waals surface area contributed by atoms with Crippen molar-refractivity contribution in [2.45, 2.75) is 64.5 Å². The Balaban J connectivity index is 1.89. The monoisotopic (exact) mass is 319 g/mol. The number of rotatable bonds is 5. The molecule has 1 amide bonds. The first kappa shape index (κ1) is 16.0. The lowest BCUT2D eigenvalue weighted by Crippen LogP contribution is -2.38. The third-order valence-corrected chi connectivity index (χ3v) is 5.37. The lowest BCUT2D eigenvalue weighted by atomic mass is 10.0. The van der Waals surface area contributed by atoms with E-state index in [0.29, 0.717) is 24.4 Å². The molecule has 3 atom stereocenters. The van der Waals surface area contributed by atoms with Gasteiger partial charge in [-0.15, -0.1) is 0 Å². The highest BCUT2D eigenvalue weighted by Crippen LogP contribution is 2.43. The average Bonchev–Trinajstić information content (AvgIpc) is 3.14. The van der Waals surface area contributed by atoms with E-state index >= 15 is 0 Å². The van der Waals surface area contributed by atoms with Gasteiger partial charge >= 0.3 is 5.97 Å². The Morgan fingerprint density at radius 2 is 2.09 bits per heavy atom. The summed E-state index contributed by atoms with van der Waals surface area (Å²) >= 11 is 0. The van der Waals surface area contributed by atoms with Crippen molar-refractivity contribution in [3.63, 3.8) is 0 Å². The Kier molecular flexibility index (Phi) is 4.17. The Bertz CT molecular complexity index is 621. The molecule has 126 valence electrons. The molecule has 1 saturated carbocycles. The Morgan fingerprint density at radius 1 is 1.39 bits per heavy atom. The highest BCUT2D eigenvalue weighted by atomic mass is 16.4. The molecule has 23 heavy (non-hydrogen) atoms. The van der Waals surface area contributed by atoms with Crippen LogP contribution in [0, 0.1) is 5.92 Å². The smallest absolute Gasteiger partial charge is 0.308 e. The summed E-state index contributed by atoms with van der Waals surface area (Å²) in [5, 5.41) is 13.7. The van der Waals surface area contributed by atoms with Gasteiger partial charge in [0.1, 0.15) is 0 Å². The van der Waals surface area contributed by atoms with Crippen LogP contribution in [0.2, 0.25) is 0 Å². The first-order chi connectivity index (χ1) is 11.0. The lowest BCUT2D eigenvalue weighted by Gasteiger charge is -2.23. The van der Waals surface area contributed by atoms with Crippen LogP contribution in [0.3, 0.4) is 0 Å². The first-order valence-electron chi connectivity index (χ1n) is 8.56. The van der Waals surface area contributed by atoms with Crippen LogP contribution in [0.25, 0.3) is 0 Å². The van der Waals surface area contributed by atoms with Gasteiger partial charge in [0.05, 0.1) is 23.4 Å². The number of carboxylic acids is 1. The standard InChI is InChI=1S/C17H25N3O3/c1-4-10(2)20-15(12-5-6-12)14(9-18-20)16(21)19-8-7-13(11(19)3)17(22)23/h9-13H,4-8H2,1-3H3,(H,22,23). The van der Waals surface area contributed by atoms with Crippen molar-refractivity contribution in [1.29, 1.82) is 0 Å². The van der Waals surface area contributed by atoms with Crippen molar-refractivity contribution < 1.29 is 14.7 Å². The summed E-state index contributed by atoms with van der Waals surface area (Å²) in [6, 6.07) is 0.00826. The van der Waals surface area contributed by atoms with Crippen molar-refractivity contribution >= 4 is 11.9 Å². The maximum atomic E-state index is 13.0. The molecule has 1 aromatic rings. The Morgan fingerprint density at radius 3 is 2.61 bits per heavy atom. The van der Waals surface area contributed by atoms with Crippen LogP contribution in [0.1, 0.15) is 74.5 Å². The van der Waals surface area contributed by atoms with Crippen molar-refractivity contribution in [1.82, 2.24) is 14.7 Å². The van der Waals surface area contributed by atoms with E-state index in [0.717, 1.165) is 25.0 Å². The molecule has 1 aliphatic carbocycles. The van der Waals surface area contributed by atoms with Gasteiger partial charge in [-0.1, -0.05) is 6.92 Å². The molecule has 3 rings (SSSR count). The normalized spacial score (nSPS) is 25.6. The summed E-state index contributed by atoms with van der Waals surface area (Å²) in [7, 11) is 0. The molecule has 1 N–H and O–H groups in total. The molecule has 1 saturated heterocycles. The summed E-state index contributed by atoms with van der Waals surface area (Å²) in [5.74, 6) is -0.908. The minimum absolute atomic E-state index is 0.0577. The van der Waals surface area contributed by atoms with Gasteiger partial charge in [-0.3, -0.25) is 14.3 Å². The van der Waals surface area contributed by atoms with Crippen molar-refractivity contribution in [3.8, 4) is 0 Å². The van der Waals surface area contributed by atoms with Crippen LogP contribution in [-0.2, 0) is 4.79 Å².